The Balaban J connectivity index is 1.37. The number of benzene rings is 4. The number of ether oxygens (including phenoxy) is 1. The van der Waals surface area contributed by atoms with Gasteiger partial charge in [-0.2, -0.15) is 0 Å². The number of rotatable bonds is 9. The van der Waals surface area contributed by atoms with Gasteiger partial charge >= 0.3 is 6.09 Å². The molecule has 34 heavy (non-hydrogen) atoms. The van der Waals surface area contributed by atoms with Crippen LogP contribution in [0, 0.1) is 5.82 Å². The molecule has 4 aromatic rings. The van der Waals surface area contributed by atoms with Gasteiger partial charge in [0, 0.05) is 18.0 Å². The van der Waals surface area contributed by atoms with Crippen LogP contribution in [0.15, 0.2) is 113 Å². The maximum absolute atomic E-state index is 13.2. The van der Waals surface area contributed by atoms with Gasteiger partial charge in [0.05, 0.1) is 4.90 Å². The molecule has 0 saturated carbocycles. The van der Waals surface area contributed by atoms with Gasteiger partial charge in [-0.05, 0) is 66.1 Å². The Morgan fingerprint density at radius 3 is 2.21 bits per heavy atom. The van der Waals surface area contributed by atoms with E-state index in [1.54, 1.807) is 23.9 Å². The molecule has 0 atom stereocenters. The van der Waals surface area contributed by atoms with Gasteiger partial charge in [0.25, 0.3) is 0 Å². The van der Waals surface area contributed by atoms with Gasteiger partial charge in [0.15, 0.2) is 0 Å². The molecule has 0 radical (unpaired) electrons. The molecule has 4 rings (SSSR count). The van der Waals surface area contributed by atoms with Crippen LogP contribution in [0.2, 0.25) is 0 Å². The molecule has 6 heteroatoms. The minimum Gasteiger partial charge on any atom is -0.465 e. The Bertz CT molecular complexity index is 1210. The number of carboxylic acid groups (broad SMARTS) is 1. The number of nitrogens with zero attached hydrogens (tertiary/aromatic N) is 1. The van der Waals surface area contributed by atoms with Gasteiger partial charge in [-0.15, -0.1) is 0 Å². The zero-order valence-corrected chi connectivity index (χ0v) is 19.2. The number of halogens is 1. The molecule has 0 unspecified atom stereocenters. The van der Waals surface area contributed by atoms with Crippen molar-refractivity contribution in [1.29, 1.82) is 0 Å². The predicted octanol–water partition coefficient (Wildman–Crippen LogP) is 7.49. The van der Waals surface area contributed by atoms with E-state index in [0.29, 0.717) is 31.0 Å². The van der Waals surface area contributed by atoms with Crippen LogP contribution in [0.3, 0.4) is 0 Å². The van der Waals surface area contributed by atoms with Crippen LogP contribution >= 0.6 is 11.8 Å². The van der Waals surface area contributed by atoms with Crippen molar-refractivity contribution in [2.24, 2.45) is 0 Å². The van der Waals surface area contributed by atoms with E-state index >= 15 is 0 Å². The van der Waals surface area contributed by atoms with Gasteiger partial charge in [0.2, 0.25) is 0 Å². The number of amides is 1. The number of hydrogen-bond acceptors (Lipinski definition) is 3. The maximum Gasteiger partial charge on any atom is 0.407 e. The van der Waals surface area contributed by atoms with Crippen molar-refractivity contribution in [3.63, 3.8) is 0 Å². The first kappa shape index (κ1) is 23.4. The van der Waals surface area contributed by atoms with Crippen molar-refractivity contribution >= 4 is 17.9 Å². The van der Waals surface area contributed by atoms with Crippen molar-refractivity contribution in [3.8, 4) is 11.5 Å². The Morgan fingerprint density at radius 1 is 0.824 bits per heavy atom. The van der Waals surface area contributed by atoms with Crippen molar-refractivity contribution in [2.45, 2.75) is 22.8 Å². The van der Waals surface area contributed by atoms with Crippen molar-refractivity contribution in [3.05, 3.63) is 120 Å². The second-order valence-electron chi connectivity index (χ2n) is 7.69. The molecule has 0 spiro atoms. The summed E-state index contributed by atoms with van der Waals surface area (Å²) in [4.78, 5) is 15.1. The summed E-state index contributed by atoms with van der Waals surface area (Å²) in [5, 5.41) is 9.56. The molecular formula is C28H24FNO3S. The fourth-order valence-corrected chi connectivity index (χ4v) is 4.29. The lowest BCUT2D eigenvalue weighted by molar-refractivity contribution is 0.143. The monoisotopic (exact) mass is 473 g/mol. The van der Waals surface area contributed by atoms with Crippen LogP contribution < -0.4 is 4.74 Å². The lowest BCUT2D eigenvalue weighted by Gasteiger charge is -2.19. The van der Waals surface area contributed by atoms with Crippen LogP contribution in [-0.4, -0.2) is 22.6 Å². The minimum atomic E-state index is -0.922. The first-order valence-corrected chi connectivity index (χ1v) is 11.7. The molecule has 0 fully saturated rings. The van der Waals surface area contributed by atoms with E-state index in [4.69, 9.17) is 4.74 Å². The average Bonchev–Trinajstić information content (AvgIpc) is 2.86. The third kappa shape index (κ3) is 6.62. The molecule has 0 aliphatic rings. The summed E-state index contributed by atoms with van der Waals surface area (Å²) >= 11 is 1.57. The Kier molecular flexibility index (Phi) is 7.83. The third-order valence-electron chi connectivity index (χ3n) is 5.20. The maximum atomic E-state index is 13.2. The summed E-state index contributed by atoms with van der Waals surface area (Å²) in [6.07, 6.45) is -0.289. The topological polar surface area (TPSA) is 49.8 Å². The zero-order valence-electron chi connectivity index (χ0n) is 18.4. The molecule has 0 bridgehead atoms. The summed E-state index contributed by atoms with van der Waals surface area (Å²) in [5.41, 5.74) is 2.04. The summed E-state index contributed by atoms with van der Waals surface area (Å²) in [7, 11) is 0. The quantitative estimate of drug-likeness (QED) is 0.274. The molecule has 4 nitrogen and oxygen atoms in total. The summed E-state index contributed by atoms with van der Waals surface area (Å²) < 4.78 is 19.1. The Hall–Kier alpha value is -3.77. The van der Waals surface area contributed by atoms with Gasteiger partial charge in [-0.1, -0.05) is 66.4 Å². The Morgan fingerprint density at radius 2 is 1.50 bits per heavy atom. The van der Waals surface area contributed by atoms with Crippen LogP contribution in [0.5, 0.6) is 11.5 Å². The number of carbonyl (C=O) groups is 1. The first-order valence-electron chi connectivity index (χ1n) is 10.9. The zero-order chi connectivity index (χ0) is 23.8. The molecule has 1 N–H and O–H groups in total. The van der Waals surface area contributed by atoms with Crippen LogP contribution in [0.25, 0.3) is 0 Å². The van der Waals surface area contributed by atoms with Gasteiger partial charge < -0.3 is 14.7 Å². The summed E-state index contributed by atoms with van der Waals surface area (Å²) in [5.74, 6) is 0.964. The molecule has 172 valence electrons. The molecule has 4 aromatic carbocycles. The standard InChI is InChI=1S/C28H24FNO3S/c29-23-12-14-24(15-13-23)33-26-8-4-5-9-27(26)34-25-16-10-21(11-17-25)18-19-30(28(31)32)20-22-6-2-1-3-7-22/h1-17H,18-20H2,(H,31,32). The Labute approximate surface area is 202 Å². The molecular weight excluding hydrogens is 449 g/mol. The van der Waals surface area contributed by atoms with Crippen molar-refractivity contribution in [2.75, 3.05) is 6.54 Å². The summed E-state index contributed by atoms with van der Waals surface area (Å²) in [6.45, 7) is 0.792. The highest BCUT2D eigenvalue weighted by atomic mass is 32.2. The van der Waals surface area contributed by atoms with Crippen molar-refractivity contribution < 1.29 is 19.0 Å². The second-order valence-corrected chi connectivity index (χ2v) is 8.80. The van der Waals surface area contributed by atoms with Gasteiger partial charge in [-0.25, -0.2) is 9.18 Å². The summed E-state index contributed by atoms with van der Waals surface area (Å²) in [6, 6.07) is 31.3. The second kappa shape index (κ2) is 11.4. The van der Waals surface area contributed by atoms with E-state index in [2.05, 4.69) is 0 Å². The molecule has 0 aromatic heterocycles. The smallest absolute Gasteiger partial charge is 0.407 e. The van der Waals surface area contributed by atoms with E-state index in [0.717, 1.165) is 20.9 Å². The van der Waals surface area contributed by atoms with Gasteiger partial charge in [-0.3, -0.25) is 0 Å². The normalized spacial score (nSPS) is 10.6. The first-order chi connectivity index (χ1) is 16.6. The lowest BCUT2D eigenvalue weighted by atomic mass is 10.1. The van der Waals surface area contributed by atoms with E-state index in [9.17, 15) is 14.3 Å². The van der Waals surface area contributed by atoms with Crippen LogP contribution in [0.1, 0.15) is 11.1 Å². The van der Waals surface area contributed by atoms with Crippen LogP contribution in [0.4, 0.5) is 9.18 Å². The molecule has 1 amide bonds. The average molecular weight is 474 g/mol. The van der Waals surface area contributed by atoms with E-state index in [1.165, 1.54) is 17.0 Å². The highest BCUT2D eigenvalue weighted by Crippen LogP contribution is 2.37. The van der Waals surface area contributed by atoms with E-state index in [-0.39, 0.29) is 5.82 Å². The van der Waals surface area contributed by atoms with Gasteiger partial charge in [0.1, 0.15) is 17.3 Å². The minimum absolute atomic E-state index is 0.304. The number of para-hydroxylation sites is 1. The van der Waals surface area contributed by atoms with E-state index < -0.39 is 6.09 Å². The highest BCUT2D eigenvalue weighted by Gasteiger charge is 2.12. The largest absolute Gasteiger partial charge is 0.465 e. The van der Waals surface area contributed by atoms with E-state index in [1.807, 2.05) is 78.9 Å². The SMILES string of the molecule is O=C(O)N(CCc1ccc(Sc2ccccc2Oc2ccc(F)cc2)cc1)Cc1ccccc1. The van der Waals surface area contributed by atoms with Crippen LogP contribution in [-0.2, 0) is 13.0 Å². The predicted molar refractivity (Wildman–Crippen MR) is 132 cm³/mol. The molecule has 0 aliphatic heterocycles. The molecule has 0 heterocycles. The molecule has 0 saturated heterocycles. The lowest BCUT2D eigenvalue weighted by Crippen LogP contribution is -2.30. The fraction of sp³-hybridized carbons (Fsp3) is 0.107. The fourth-order valence-electron chi connectivity index (χ4n) is 3.41. The van der Waals surface area contributed by atoms with Crippen molar-refractivity contribution in [1.82, 2.24) is 4.90 Å². The number of hydrogen-bond donors (Lipinski definition) is 1. The third-order valence-corrected chi connectivity index (χ3v) is 6.26. The molecule has 0 aliphatic carbocycles. The highest BCUT2D eigenvalue weighted by molar-refractivity contribution is 7.99.